The molecule has 0 fully saturated rings. The second-order valence-corrected chi connectivity index (χ2v) is 5.47. The number of nitrogens with one attached hydrogen (secondary N) is 1. The summed E-state index contributed by atoms with van der Waals surface area (Å²) in [4.78, 5) is 4.15. The number of aryl methyl sites for hydroxylation is 1. The van der Waals surface area contributed by atoms with Gasteiger partial charge in [0.1, 0.15) is 0 Å². The summed E-state index contributed by atoms with van der Waals surface area (Å²) in [7, 11) is 0. The van der Waals surface area contributed by atoms with Crippen molar-refractivity contribution < 1.29 is 0 Å². The lowest BCUT2D eigenvalue weighted by atomic mass is 10.2. The number of tetrazole rings is 1. The molecule has 106 valence electrons. The van der Waals surface area contributed by atoms with Gasteiger partial charge in [-0.2, -0.15) is 4.68 Å². The molecule has 3 rings (SSSR count). The van der Waals surface area contributed by atoms with Crippen LogP contribution in [0.25, 0.3) is 5.69 Å². The quantitative estimate of drug-likeness (QED) is 0.788. The van der Waals surface area contributed by atoms with Crippen LogP contribution in [-0.4, -0.2) is 25.2 Å². The van der Waals surface area contributed by atoms with Crippen molar-refractivity contribution in [3.63, 3.8) is 0 Å². The summed E-state index contributed by atoms with van der Waals surface area (Å²) in [6.45, 7) is 2.57. The van der Waals surface area contributed by atoms with Crippen LogP contribution in [-0.2, 0) is 6.54 Å². The highest BCUT2D eigenvalue weighted by Gasteiger charge is 2.04. The minimum absolute atomic E-state index is 0.699. The fraction of sp³-hybridized carbons (Fsp3) is 0.143. The van der Waals surface area contributed by atoms with Crippen LogP contribution in [0.5, 0.6) is 0 Å². The first kappa shape index (κ1) is 13.7. The second-order valence-electron chi connectivity index (χ2n) is 4.55. The average molecular weight is 345 g/mol. The Morgan fingerprint density at radius 3 is 2.90 bits per heavy atom. The van der Waals surface area contributed by atoms with Crippen molar-refractivity contribution >= 4 is 21.6 Å². The van der Waals surface area contributed by atoms with E-state index in [2.05, 4.69) is 41.8 Å². The molecule has 0 aliphatic rings. The Kier molecular flexibility index (Phi) is 3.92. The number of rotatable bonds is 4. The van der Waals surface area contributed by atoms with Crippen LogP contribution in [0.4, 0.5) is 5.69 Å². The van der Waals surface area contributed by atoms with Crippen molar-refractivity contribution in [1.82, 2.24) is 25.2 Å². The van der Waals surface area contributed by atoms with E-state index in [0.29, 0.717) is 6.54 Å². The maximum atomic E-state index is 4.15. The van der Waals surface area contributed by atoms with Crippen LogP contribution in [0.2, 0.25) is 0 Å². The zero-order valence-corrected chi connectivity index (χ0v) is 12.9. The van der Waals surface area contributed by atoms with E-state index in [1.54, 1.807) is 10.9 Å². The van der Waals surface area contributed by atoms with Crippen molar-refractivity contribution in [2.75, 3.05) is 5.32 Å². The summed E-state index contributed by atoms with van der Waals surface area (Å²) in [5.74, 6) is 0.753. The van der Waals surface area contributed by atoms with Crippen LogP contribution in [0, 0.1) is 6.92 Å². The van der Waals surface area contributed by atoms with Crippen LogP contribution < -0.4 is 5.32 Å². The highest BCUT2D eigenvalue weighted by atomic mass is 79.9. The van der Waals surface area contributed by atoms with Crippen molar-refractivity contribution in [2.45, 2.75) is 13.5 Å². The molecular formula is C14H13BrN6. The van der Waals surface area contributed by atoms with E-state index in [4.69, 9.17) is 0 Å². The van der Waals surface area contributed by atoms with Gasteiger partial charge < -0.3 is 5.32 Å². The molecule has 0 atom stereocenters. The molecule has 0 radical (unpaired) electrons. The summed E-state index contributed by atoms with van der Waals surface area (Å²) in [6.07, 6.45) is 3.61. The highest BCUT2D eigenvalue weighted by Crippen LogP contribution is 2.16. The molecule has 21 heavy (non-hydrogen) atoms. The highest BCUT2D eigenvalue weighted by molar-refractivity contribution is 9.10. The number of hydrogen-bond acceptors (Lipinski definition) is 5. The lowest BCUT2D eigenvalue weighted by Crippen LogP contribution is -2.03. The number of hydrogen-bond donors (Lipinski definition) is 1. The summed E-state index contributed by atoms with van der Waals surface area (Å²) >= 11 is 3.42. The van der Waals surface area contributed by atoms with Crippen molar-refractivity contribution in [3.8, 4) is 5.69 Å². The van der Waals surface area contributed by atoms with Gasteiger partial charge in [-0.25, -0.2) is 0 Å². The molecule has 1 N–H and O–H groups in total. The summed E-state index contributed by atoms with van der Waals surface area (Å²) in [6, 6.07) is 9.99. The standard InChI is InChI=1S/C14H13BrN6/c1-10-18-19-20-21(10)14-4-2-3-13(6-14)17-8-11-5-12(15)9-16-7-11/h2-7,9,17H,8H2,1H3. The first-order valence-corrected chi connectivity index (χ1v) is 7.20. The SMILES string of the molecule is Cc1nnnn1-c1cccc(NCc2cncc(Br)c2)c1. The van der Waals surface area contributed by atoms with E-state index >= 15 is 0 Å². The predicted molar refractivity (Wildman–Crippen MR) is 83.2 cm³/mol. The zero-order valence-electron chi connectivity index (χ0n) is 11.4. The fourth-order valence-electron chi connectivity index (χ4n) is 1.97. The molecular weight excluding hydrogens is 332 g/mol. The van der Waals surface area contributed by atoms with Gasteiger partial charge in [0.2, 0.25) is 0 Å². The molecule has 1 aromatic carbocycles. The molecule has 3 aromatic rings. The predicted octanol–water partition coefficient (Wildman–Crippen LogP) is 2.74. The smallest absolute Gasteiger partial charge is 0.153 e. The van der Waals surface area contributed by atoms with Gasteiger partial charge in [-0.1, -0.05) is 6.07 Å². The van der Waals surface area contributed by atoms with Gasteiger partial charge in [-0.3, -0.25) is 4.98 Å². The van der Waals surface area contributed by atoms with E-state index in [9.17, 15) is 0 Å². The van der Waals surface area contributed by atoms with E-state index in [-0.39, 0.29) is 0 Å². The Hall–Kier alpha value is -2.28. The molecule has 0 saturated carbocycles. The van der Waals surface area contributed by atoms with Gasteiger partial charge in [0, 0.05) is 29.1 Å². The number of pyridine rings is 1. The fourth-order valence-corrected chi connectivity index (χ4v) is 2.39. The third-order valence-corrected chi connectivity index (χ3v) is 3.41. The van der Waals surface area contributed by atoms with Gasteiger partial charge in [0.05, 0.1) is 5.69 Å². The molecule has 0 aliphatic heterocycles. The number of benzene rings is 1. The Labute approximate surface area is 130 Å². The van der Waals surface area contributed by atoms with Gasteiger partial charge >= 0.3 is 0 Å². The first-order chi connectivity index (χ1) is 10.2. The molecule has 0 aliphatic carbocycles. The molecule has 0 unspecified atom stereocenters. The molecule has 6 nitrogen and oxygen atoms in total. The van der Waals surface area contributed by atoms with Gasteiger partial charge in [0.25, 0.3) is 0 Å². The monoisotopic (exact) mass is 344 g/mol. The molecule has 0 saturated heterocycles. The number of anilines is 1. The van der Waals surface area contributed by atoms with E-state index in [1.807, 2.05) is 43.5 Å². The Morgan fingerprint density at radius 2 is 2.14 bits per heavy atom. The normalized spacial score (nSPS) is 10.6. The summed E-state index contributed by atoms with van der Waals surface area (Å²) < 4.78 is 2.67. The van der Waals surface area contributed by atoms with Crippen molar-refractivity contribution in [2.24, 2.45) is 0 Å². The van der Waals surface area contributed by atoms with Gasteiger partial charge in [-0.15, -0.1) is 5.10 Å². The molecule has 0 bridgehead atoms. The minimum atomic E-state index is 0.699. The zero-order chi connectivity index (χ0) is 14.7. The Bertz CT molecular complexity index is 754. The topological polar surface area (TPSA) is 68.5 Å². The largest absolute Gasteiger partial charge is 0.381 e. The molecule has 0 amide bonds. The lowest BCUT2D eigenvalue weighted by Gasteiger charge is -2.09. The second kappa shape index (κ2) is 6.01. The van der Waals surface area contributed by atoms with Crippen molar-refractivity contribution in [3.05, 3.63) is 58.6 Å². The Morgan fingerprint density at radius 1 is 1.24 bits per heavy atom. The number of aromatic nitrogens is 5. The third kappa shape index (κ3) is 3.25. The number of nitrogens with zero attached hydrogens (tertiary/aromatic N) is 5. The summed E-state index contributed by atoms with van der Waals surface area (Å²) in [5, 5.41) is 14.9. The van der Waals surface area contributed by atoms with Crippen molar-refractivity contribution in [1.29, 1.82) is 0 Å². The van der Waals surface area contributed by atoms with E-state index in [1.165, 1.54) is 0 Å². The molecule has 2 heterocycles. The van der Waals surface area contributed by atoms with Crippen LogP contribution >= 0.6 is 15.9 Å². The van der Waals surface area contributed by atoms with Gasteiger partial charge in [-0.05, 0) is 63.1 Å². The van der Waals surface area contributed by atoms with Crippen LogP contribution in [0.15, 0.2) is 47.2 Å². The first-order valence-electron chi connectivity index (χ1n) is 6.41. The third-order valence-electron chi connectivity index (χ3n) is 2.97. The molecule has 0 spiro atoms. The van der Waals surface area contributed by atoms with Crippen LogP contribution in [0.3, 0.4) is 0 Å². The maximum absolute atomic E-state index is 4.15. The number of halogens is 1. The summed E-state index contributed by atoms with van der Waals surface area (Å²) in [5.41, 5.74) is 3.03. The van der Waals surface area contributed by atoms with Gasteiger partial charge in [0.15, 0.2) is 5.82 Å². The minimum Gasteiger partial charge on any atom is -0.381 e. The van der Waals surface area contributed by atoms with Crippen LogP contribution in [0.1, 0.15) is 11.4 Å². The molecule has 2 aromatic heterocycles. The Balaban J connectivity index is 1.76. The average Bonchev–Trinajstić information content (AvgIpc) is 2.92. The molecule has 7 heteroatoms. The van der Waals surface area contributed by atoms with E-state index < -0.39 is 0 Å². The van der Waals surface area contributed by atoms with E-state index in [0.717, 1.165) is 27.2 Å². The lowest BCUT2D eigenvalue weighted by molar-refractivity contribution is 0.779. The maximum Gasteiger partial charge on any atom is 0.153 e.